The number of fused-ring (bicyclic) bond motifs is 1. The van der Waals surface area contributed by atoms with E-state index >= 15 is 0 Å². The summed E-state index contributed by atoms with van der Waals surface area (Å²) >= 11 is 0. The zero-order chi connectivity index (χ0) is 12.4. The van der Waals surface area contributed by atoms with Gasteiger partial charge in [0.25, 0.3) is 0 Å². The van der Waals surface area contributed by atoms with E-state index < -0.39 is 0 Å². The molecule has 1 heterocycles. The zero-order valence-corrected chi connectivity index (χ0v) is 9.67. The van der Waals surface area contributed by atoms with E-state index in [9.17, 15) is 5.11 Å². The highest BCUT2D eigenvalue weighted by atomic mass is 16.5. The van der Waals surface area contributed by atoms with Crippen LogP contribution in [0.2, 0.25) is 0 Å². The second-order valence-corrected chi connectivity index (χ2v) is 4.04. The largest absolute Gasteiger partial charge is 0.504 e. The first-order valence-corrected chi connectivity index (χ1v) is 5.70. The third kappa shape index (κ3) is 2.02. The molecule has 0 bridgehead atoms. The third-order valence-corrected chi connectivity index (χ3v) is 2.78. The van der Waals surface area contributed by atoms with Crippen LogP contribution in [0.15, 0.2) is 59.2 Å². The second kappa shape index (κ2) is 4.45. The Labute approximate surface area is 104 Å². The maximum Gasteiger partial charge on any atom is 0.162 e. The molecule has 1 aromatic heterocycles. The molecule has 0 aliphatic carbocycles. The van der Waals surface area contributed by atoms with Crippen molar-refractivity contribution in [3.8, 4) is 11.5 Å². The topological polar surface area (TPSA) is 42.6 Å². The van der Waals surface area contributed by atoms with Gasteiger partial charge in [-0.2, -0.15) is 0 Å². The van der Waals surface area contributed by atoms with Crippen molar-refractivity contribution in [2.45, 2.75) is 6.61 Å². The smallest absolute Gasteiger partial charge is 0.162 e. The molecule has 1 N–H and O–H groups in total. The average molecular weight is 240 g/mol. The van der Waals surface area contributed by atoms with Crippen molar-refractivity contribution in [2.24, 2.45) is 0 Å². The minimum atomic E-state index is 0.139. The van der Waals surface area contributed by atoms with Gasteiger partial charge in [0.2, 0.25) is 0 Å². The summed E-state index contributed by atoms with van der Waals surface area (Å²) < 4.78 is 10.7. The van der Waals surface area contributed by atoms with E-state index in [-0.39, 0.29) is 5.75 Å². The lowest BCUT2D eigenvalue weighted by atomic mass is 10.1. The van der Waals surface area contributed by atoms with Crippen molar-refractivity contribution >= 4 is 10.8 Å². The first kappa shape index (κ1) is 10.7. The molecule has 90 valence electrons. The summed E-state index contributed by atoms with van der Waals surface area (Å²) in [5, 5.41) is 11.9. The minimum absolute atomic E-state index is 0.139. The molecule has 0 aliphatic heterocycles. The number of rotatable bonds is 3. The number of hydrogen-bond acceptors (Lipinski definition) is 3. The first-order chi connectivity index (χ1) is 8.83. The van der Waals surface area contributed by atoms with Crippen LogP contribution in [-0.4, -0.2) is 5.11 Å². The predicted octanol–water partition coefficient (Wildman–Crippen LogP) is 3.72. The van der Waals surface area contributed by atoms with Crippen LogP contribution >= 0.6 is 0 Å². The molecule has 3 heteroatoms. The fraction of sp³-hybridized carbons (Fsp3) is 0.0667. The standard InChI is InChI=1S/C15H12O3/c16-14-8-11-4-1-2-5-12(11)9-15(14)18-10-13-6-3-7-17-13/h1-9,16H,10H2. The highest BCUT2D eigenvalue weighted by Gasteiger charge is 2.06. The van der Waals surface area contributed by atoms with Gasteiger partial charge < -0.3 is 14.3 Å². The summed E-state index contributed by atoms with van der Waals surface area (Å²) in [5.74, 6) is 1.33. The Morgan fingerprint density at radius 3 is 2.50 bits per heavy atom. The molecule has 0 saturated heterocycles. The molecule has 2 aromatic carbocycles. The molecule has 0 radical (unpaired) electrons. The van der Waals surface area contributed by atoms with Crippen LogP contribution in [0.25, 0.3) is 10.8 Å². The van der Waals surface area contributed by atoms with Gasteiger partial charge in [-0.05, 0) is 35.0 Å². The van der Waals surface area contributed by atoms with E-state index in [1.807, 2.05) is 36.4 Å². The van der Waals surface area contributed by atoms with Gasteiger partial charge in [-0.1, -0.05) is 24.3 Å². The van der Waals surface area contributed by atoms with E-state index in [1.165, 1.54) is 0 Å². The van der Waals surface area contributed by atoms with E-state index in [1.54, 1.807) is 18.4 Å². The summed E-state index contributed by atoms with van der Waals surface area (Å²) in [6, 6.07) is 15.0. The lowest BCUT2D eigenvalue weighted by Crippen LogP contribution is -1.94. The Morgan fingerprint density at radius 2 is 1.78 bits per heavy atom. The maximum absolute atomic E-state index is 9.88. The molecule has 0 saturated carbocycles. The average Bonchev–Trinajstić information content (AvgIpc) is 2.89. The molecule has 0 amide bonds. The minimum Gasteiger partial charge on any atom is -0.504 e. The Morgan fingerprint density at radius 1 is 1.00 bits per heavy atom. The summed E-state index contributed by atoms with van der Waals surface area (Å²) in [5.41, 5.74) is 0. The van der Waals surface area contributed by atoms with E-state index in [2.05, 4.69) is 0 Å². The summed E-state index contributed by atoms with van der Waals surface area (Å²) in [6.45, 7) is 0.304. The van der Waals surface area contributed by atoms with Gasteiger partial charge in [-0.3, -0.25) is 0 Å². The lowest BCUT2D eigenvalue weighted by Gasteiger charge is -2.08. The second-order valence-electron chi connectivity index (χ2n) is 4.04. The maximum atomic E-state index is 9.88. The molecule has 3 aromatic rings. The number of ether oxygens (including phenoxy) is 1. The van der Waals surface area contributed by atoms with Crippen molar-refractivity contribution in [2.75, 3.05) is 0 Å². The molecule has 0 aliphatic rings. The van der Waals surface area contributed by atoms with Crippen LogP contribution < -0.4 is 4.74 Å². The molecule has 3 rings (SSSR count). The van der Waals surface area contributed by atoms with Crippen LogP contribution in [0.4, 0.5) is 0 Å². The van der Waals surface area contributed by atoms with Crippen molar-refractivity contribution < 1.29 is 14.3 Å². The van der Waals surface area contributed by atoms with Gasteiger partial charge in [0.1, 0.15) is 12.4 Å². The molecule has 0 fully saturated rings. The van der Waals surface area contributed by atoms with Crippen molar-refractivity contribution in [3.63, 3.8) is 0 Å². The van der Waals surface area contributed by atoms with Crippen molar-refractivity contribution in [3.05, 3.63) is 60.6 Å². The fourth-order valence-electron chi connectivity index (χ4n) is 1.87. The molecule has 0 spiro atoms. The SMILES string of the molecule is Oc1cc2ccccc2cc1OCc1ccco1. The van der Waals surface area contributed by atoms with E-state index in [4.69, 9.17) is 9.15 Å². The van der Waals surface area contributed by atoms with Crippen molar-refractivity contribution in [1.82, 2.24) is 0 Å². The Bertz CT molecular complexity index is 657. The Balaban J connectivity index is 1.89. The number of phenolic OH excluding ortho intramolecular Hbond substituents is 1. The van der Waals surface area contributed by atoms with E-state index in [0.29, 0.717) is 12.4 Å². The number of furan rings is 1. The normalized spacial score (nSPS) is 10.7. The molecule has 18 heavy (non-hydrogen) atoms. The number of hydrogen-bond donors (Lipinski definition) is 1. The summed E-state index contributed by atoms with van der Waals surface area (Å²) in [6.07, 6.45) is 1.60. The van der Waals surface area contributed by atoms with Gasteiger partial charge in [0.15, 0.2) is 11.5 Å². The quantitative estimate of drug-likeness (QED) is 0.758. The molecule has 0 unspecified atom stereocenters. The highest BCUT2D eigenvalue weighted by Crippen LogP contribution is 2.31. The lowest BCUT2D eigenvalue weighted by molar-refractivity contribution is 0.259. The summed E-state index contributed by atoms with van der Waals surface area (Å²) in [4.78, 5) is 0. The highest BCUT2D eigenvalue weighted by molar-refractivity contribution is 5.85. The van der Waals surface area contributed by atoms with Crippen LogP contribution in [0, 0.1) is 0 Å². The predicted molar refractivity (Wildman–Crippen MR) is 68.7 cm³/mol. The van der Waals surface area contributed by atoms with Crippen LogP contribution in [-0.2, 0) is 6.61 Å². The fourth-order valence-corrected chi connectivity index (χ4v) is 1.87. The van der Waals surface area contributed by atoms with Gasteiger partial charge in [0, 0.05) is 0 Å². The molecule has 3 nitrogen and oxygen atoms in total. The number of aromatic hydroxyl groups is 1. The van der Waals surface area contributed by atoms with Gasteiger partial charge in [-0.25, -0.2) is 0 Å². The van der Waals surface area contributed by atoms with Crippen molar-refractivity contribution in [1.29, 1.82) is 0 Å². The molecular formula is C15H12O3. The first-order valence-electron chi connectivity index (χ1n) is 5.70. The number of benzene rings is 2. The molecular weight excluding hydrogens is 228 g/mol. The third-order valence-electron chi connectivity index (χ3n) is 2.78. The van der Waals surface area contributed by atoms with Gasteiger partial charge in [0.05, 0.1) is 6.26 Å². The Hall–Kier alpha value is -2.42. The number of phenols is 1. The van der Waals surface area contributed by atoms with E-state index in [0.717, 1.165) is 16.5 Å². The van der Waals surface area contributed by atoms with Crippen LogP contribution in [0.5, 0.6) is 11.5 Å². The van der Waals surface area contributed by atoms with Crippen LogP contribution in [0.1, 0.15) is 5.76 Å². The zero-order valence-electron chi connectivity index (χ0n) is 9.67. The Kier molecular flexibility index (Phi) is 2.65. The van der Waals surface area contributed by atoms with Crippen LogP contribution in [0.3, 0.4) is 0 Å². The van der Waals surface area contributed by atoms with Gasteiger partial charge >= 0.3 is 0 Å². The summed E-state index contributed by atoms with van der Waals surface area (Å²) in [7, 11) is 0. The monoisotopic (exact) mass is 240 g/mol. The molecule has 0 atom stereocenters. The van der Waals surface area contributed by atoms with Gasteiger partial charge in [-0.15, -0.1) is 0 Å².